The third-order valence-corrected chi connectivity index (χ3v) is 2.68. The highest BCUT2D eigenvalue weighted by molar-refractivity contribution is 5.70. The average Bonchev–Trinajstić information content (AvgIpc) is 2.93. The van der Waals surface area contributed by atoms with Crippen molar-refractivity contribution in [1.82, 2.24) is 4.90 Å². The zero-order chi connectivity index (χ0) is 14.1. The van der Waals surface area contributed by atoms with Crippen LogP contribution >= 0.6 is 0 Å². The van der Waals surface area contributed by atoms with Crippen molar-refractivity contribution in [3.8, 4) is 0 Å². The molecule has 0 atom stereocenters. The van der Waals surface area contributed by atoms with Crippen molar-refractivity contribution in [3.05, 3.63) is 24.2 Å². The maximum absolute atomic E-state index is 11.1. The summed E-state index contributed by atoms with van der Waals surface area (Å²) in [6.45, 7) is 1.55. The van der Waals surface area contributed by atoms with Crippen molar-refractivity contribution in [2.75, 3.05) is 27.3 Å². The van der Waals surface area contributed by atoms with Crippen LogP contribution in [-0.2, 0) is 25.6 Å². The lowest BCUT2D eigenvalue weighted by Gasteiger charge is -2.19. The van der Waals surface area contributed by atoms with Crippen LogP contribution in [0.1, 0.15) is 18.6 Å². The third kappa shape index (κ3) is 6.05. The molecule has 19 heavy (non-hydrogen) atoms. The number of rotatable bonds is 8. The van der Waals surface area contributed by atoms with Crippen molar-refractivity contribution < 1.29 is 23.5 Å². The van der Waals surface area contributed by atoms with Gasteiger partial charge in [-0.15, -0.1) is 0 Å². The van der Waals surface area contributed by atoms with E-state index in [1.165, 1.54) is 14.2 Å². The number of esters is 2. The van der Waals surface area contributed by atoms with Crippen LogP contribution in [-0.4, -0.2) is 44.1 Å². The summed E-state index contributed by atoms with van der Waals surface area (Å²) in [5.74, 6) is 0.236. The lowest BCUT2D eigenvalue weighted by atomic mass is 10.3. The average molecular weight is 269 g/mol. The van der Waals surface area contributed by atoms with Crippen molar-refractivity contribution in [2.45, 2.75) is 19.4 Å². The molecule has 1 heterocycles. The predicted octanol–water partition coefficient (Wildman–Crippen LogP) is 1.21. The Labute approximate surface area is 112 Å². The molecule has 0 spiro atoms. The maximum atomic E-state index is 11.1. The van der Waals surface area contributed by atoms with E-state index in [1.807, 2.05) is 11.0 Å². The molecule has 0 aliphatic rings. The number of hydrogen-bond donors (Lipinski definition) is 0. The second kappa shape index (κ2) is 8.31. The van der Waals surface area contributed by atoms with Gasteiger partial charge in [-0.2, -0.15) is 0 Å². The Hall–Kier alpha value is -1.82. The normalized spacial score (nSPS) is 10.5. The summed E-state index contributed by atoms with van der Waals surface area (Å²) < 4.78 is 14.5. The van der Waals surface area contributed by atoms with Gasteiger partial charge in [0.15, 0.2) is 0 Å². The van der Waals surface area contributed by atoms with Crippen molar-refractivity contribution in [1.29, 1.82) is 0 Å². The molecule has 0 aromatic carbocycles. The molecule has 0 saturated carbocycles. The lowest BCUT2D eigenvalue weighted by Crippen LogP contribution is -2.28. The highest BCUT2D eigenvalue weighted by atomic mass is 16.5. The van der Waals surface area contributed by atoms with Crippen LogP contribution in [0.3, 0.4) is 0 Å². The number of hydrogen-bond acceptors (Lipinski definition) is 6. The van der Waals surface area contributed by atoms with Gasteiger partial charge in [-0.3, -0.25) is 14.5 Å². The molecule has 0 saturated heterocycles. The molecule has 1 aromatic heterocycles. The summed E-state index contributed by atoms with van der Waals surface area (Å²) in [7, 11) is 2.71. The van der Waals surface area contributed by atoms with Crippen molar-refractivity contribution in [3.63, 3.8) is 0 Å². The predicted molar refractivity (Wildman–Crippen MR) is 67.3 cm³/mol. The molecule has 0 aliphatic heterocycles. The fraction of sp³-hybridized carbons (Fsp3) is 0.538. The Kier molecular flexibility index (Phi) is 6.67. The summed E-state index contributed by atoms with van der Waals surface area (Å²) in [5, 5.41) is 0. The van der Waals surface area contributed by atoms with Gasteiger partial charge in [0.1, 0.15) is 5.76 Å². The molecule has 0 unspecified atom stereocenters. The quantitative estimate of drug-likeness (QED) is 0.661. The molecule has 0 bridgehead atoms. The van der Waals surface area contributed by atoms with E-state index in [2.05, 4.69) is 9.47 Å². The molecule has 6 nitrogen and oxygen atoms in total. The van der Waals surface area contributed by atoms with E-state index in [9.17, 15) is 9.59 Å². The summed E-state index contributed by atoms with van der Waals surface area (Å²) in [5.41, 5.74) is 0. The van der Waals surface area contributed by atoms with Crippen LogP contribution in [0.4, 0.5) is 0 Å². The number of carbonyl (C=O) groups excluding carboxylic acids is 2. The minimum atomic E-state index is -0.275. The standard InChI is InChI=1S/C13H19NO5/c1-17-12(15)5-7-14(8-6-13(16)18-2)10-11-4-3-9-19-11/h3-4,9H,5-8,10H2,1-2H3. The number of carbonyl (C=O) groups is 2. The largest absolute Gasteiger partial charge is 0.469 e. The Morgan fingerprint density at radius 3 is 2.16 bits per heavy atom. The van der Waals surface area contributed by atoms with Crippen LogP contribution in [0.5, 0.6) is 0 Å². The Bertz CT molecular complexity index is 368. The van der Waals surface area contributed by atoms with E-state index in [0.29, 0.717) is 19.6 Å². The highest BCUT2D eigenvalue weighted by Crippen LogP contribution is 2.07. The van der Waals surface area contributed by atoms with Crippen LogP contribution < -0.4 is 0 Å². The fourth-order valence-corrected chi connectivity index (χ4v) is 1.60. The van der Waals surface area contributed by atoms with Crippen LogP contribution in [0.25, 0.3) is 0 Å². The molecule has 1 rings (SSSR count). The Balaban J connectivity index is 2.46. The molecular formula is C13H19NO5. The first kappa shape index (κ1) is 15.2. The molecule has 106 valence electrons. The summed E-state index contributed by atoms with van der Waals surface area (Å²) in [4.78, 5) is 24.2. The molecular weight excluding hydrogens is 250 g/mol. The van der Waals surface area contributed by atoms with Gasteiger partial charge >= 0.3 is 11.9 Å². The van der Waals surface area contributed by atoms with Gasteiger partial charge in [0.2, 0.25) is 0 Å². The zero-order valence-electron chi connectivity index (χ0n) is 11.3. The topological polar surface area (TPSA) is 69.0 Å². The molecule has 1 aromatic rings. The maximum Gasteiger partial charge on any atom is 0.306 e. The Morgan fingerprint density at radius 2 is 1.74 bits per heavy atom. The van der Waals surface area contributed by atoms with Gasteiger partial charge in [-0.05, 0) is 12.1 Å². The third-order valence-electron chi connectivity index (χ3n) is 2.68. The first-order chi connectivity index (χ1) is 9.15. The summed E-state index contributed by atoms with van der Waals surface area (Å²) in [6.07, 6.45) is 2.14. The van der Waals surface area contributed by atoms with Crippen LogP contribution in [0.15, 0.2) is 22.8 Å². The number of methoxy groups -OCH3 is 2. The van der Waals surface area contributed by atoms with Gasteiger partial charge in [0, 0.05) is 13.1 Å². The number of ether oxygens (including phenoxy) is 2. The van der Waals surface area contributed by atoms with Gasteiger partial charge < -0.3 is 13.9 Å². The molecule has 0 amide bonds. The second-order valence-electron chi connectivity index (χ2n) is 4.01. The van der Waals surface area contributed by atoms with Crippen LogP contribution in [0, 0.1) is 0 Å². The van der Waals surface area contributed by atoms with E-state index in [4.69, 9.17) is 4.42 Å². The van der Waals surface area contributed by atoms with Gasteiger partial charge in [-0.25, -0.2) is 0 Å². The summed E-state index contributed by atoms with van der Waals surface area (Å²) in [6, 6.07) is 3.65. The lowest BCUT2D eigenvalue weighted by molar-refractivity contribution is -0.141. The monoisotopic (exact) mass is 269 g/mol. The van der Waals surface area contributed by atoms with E-state index in [0.717, 1.165) is 5.76 Å². The van der Waals surface area contributed by atoms with Crippen molar-refractivity contribution in [2.24, 2.45) is 0 Å². The molecule has 0 N–H and O–H groups in total. The number of furan rings is 1. The first-order valence-corrected chi connectivity index (χ1v) is 6.04. The van der Waals surface area contributed by atoms with Gasteiger partial charge in [0.05, 0.1) is 39.9 Å². The smallest absolute Gasteiger partial charge is 0.306 e. The minimum Gasteiger partial charge on any atom is -0.469 e. The van der Waals surface area contributed by atoms with Gasteiger partial charge in [-0.1, -0.05) is 0 Å². The molecule has 6 heteroatoms. The van der Waals surface area contributed by atoms with E-state index >= 15 is 0 Å². The molecule has 0 aliphatic carbocycles. The molecule has 0 radical (unpaired) electrons. The highest BCUT2D eigenvalue weighted by Gasteiger charge is 2.12. The Morgan fingerprint density at radius 1 is 1.16 bits per heavy atom. The summed E-state index contributed by atoms with van der Waals surface area (Å²) >= 11 is 0. The minimum absolute atomic E-state index is 0.275. The van der Waals surface area contributed by atoms with Gasteiger partial charge in [0.25, 0.3) is 0 Å². The first-order valence-electron chi connectivity index (χ1n) is 6.04. The SMILES string of the molecule is COC(=O)CCN(CCC(=O)OC)Cc1ccco1. The van der Waals surface area contributed by atoms with E-state index < -0.39 is 0 Å². The van der Waals surface area contributed by atoms with E-state index in [-0.39, 0.29) is 24.8 Å². The van der Waals surface area contributed by atoms with Crippen molar-refractivity contribution >= 4 is 11.9 Å². The van der Waals surface area contributed by atoms with E-state index in [1.54, 1.807) is 12.3 Å². The second-order valence-corrected chi connectivity index (χ2v) is 4.01. The molecule has 0 fully saturated rings. The zero-order valence-corrected chi connectivity index (χ0v) is 11.3. The number of nitrogens with zero attached hydrogens (tertiary/aromatic N) is 1. The van der Waals surface area contributed by atoms with Crippen LogP contribution in [0.2, 0.25) is 0 Å². The fourth-order valence-electron chi connectivity index (χ4n) is 1.60.